The zero-order chi connectivity index (χ0) is 23.5. The van der Waals surface area contributed by atoms with Crippen LogP contribution >= 0.6 is 0 Å². The summed E-state index contributed by atoms with van der Waals surface area (Å²) in [6.07, 6.45) is 2.09. The molecule has 0 aliphatic carbocycles. The highest BCUT2D eigenvalue weighted by Crippen LogP contribution is 2.22. The summed E-state index contributed by atoms with van der Waals surface area (Å²) in [7, 11) is 1.36. The fraction of sp³-hybridized carbons (Fsp3) is 0.346. The number of rotatable bonds is 12. The smallest absolute Gasteiger partial charge is 0.311 e. The van der Waals surface area contributed by atoms with E-state index in [0.29, 0.717) is 37.7 Å². The predicted octanol–water partition coefficient (Wildman–Crippen LogP) is 5.16. The largest absolute Gasteiger partial charge is 0.493 e. The van der Waals surface area contributed by atoms with Gasteiger partial charge < -0.3 is 18.7 Å². The third-order valence-corrected chi connectivity index (χ3v) is 4.92. The van der Waals surface area contributed by atoms with Crippen LogP contribution in [-0.4, -0.2) is 37.0 Å². The lowest BCUT2D eigenvalue weighted by Crippen LogP contribution is -2.13. The Morgan fingerprint density at radius 1 is 1.06 bits per heavy atom. The van der Waals surface area contributed by atoms with Crippen molar-refractivity contribution in [3.8, 4) is 17.2 Å². The number of hydrogen-bond donors (Lipinski definition) is 0. The van der Waals surface area contributed by atoms with Gasteiger partial charge in [0.1, 0.15) is 18.1 Å². The molecule has 7 nitrogen and oxygen atoms in total. The van der Waals surface area contributed by atoms with Crippen molar-refractivity contribution < 1.29 is 23.5 Å². The molecule has 7 heteroatoms. The number of benzene rings is 2. The molecule has 0 amide bonds. The summed E-state index contributed by atoms with van der Waals surface area (Å²) >= 11 is 0. The fourth-order valence-corrected chi connectivity index (χ4v) is 3.16. The van der Waals surface area contributed by atoms with Gasteiger partial charge in [-0.15, -0.1) is 0 Å². The molecule has 0 bridgehead atoms. The molecule has 0 aliphatic rings. The number of oxazole rings is 1. The molecule has 0 aliphatic heterocycles. The first-order chi connectivity index (χ1) is 16.1. The average Bonchev–Trinajstić information content (AvgIpc) is 3.21. The van der Waals surface area contributed by atoms with Gasteiger partial charge in [-0.1, -0.05) is 42.4 Å². The van der Waals surface area contributed by atoms with E-state index in [0.717, 1.165) is 34.8 Å². The lowest BCUT2D eigenvalue weighted by Gasteiger charge is -2.08. The standard InChI is InChI=1S/C26H30N2O5/c1-4-15-32-28-22(18-25(29)30-3)17-20-10-12-23(13-11-20)31-16-14-24-19(2)33-26(27-24)21-8-6-5-7-9-21/h5-13H,4,14-18H2,1-3H3. The lowest BCUT2D eigenvalue weighted by molar-refractivity contribution is -0.139. The van der Waals surface area contributed by atoms with Crippen molar-refractivity contribution in [2.45, 2.75) is 39.5 Å². The molecule has 1 heterocycles. The van der Waals surface area contributed by atoms with E-state index in [1.165, 1.54) is 7.11 Å². The summed E-state index contributed by atoms with van der Waals surface area (Å²) in [6, 6.07) is 17.6. The van der Waals surface area contributed by atoms with E-state index >= 15 is 0 Å². The summed E-state index contributed by atoms with van der Waals surface area (Å²) in [4.78, 5) is 21.5. The summed E-state index contributed by atoms with van der Waals surface area (Å²) in [5.74, 6) is 1.85. The number of ether oxygens (including phenoxy) is 2. The molecule has 0 radical (unpaired) electrons. The van der Waals surface area contributed by atoms with Crippen LogP contribution in [0.15, 0.2) is 64.2 Å². The maximum absolute atomic E-state index is 11.7. The van der Waals surface area contributed by atoms with Gasteiger partial charge in [0.2, 0.25) is 5.89 Å². The number of carbonyl (C=O) groups excluding carboxylic acids is 1. The van der Waals surface area contributed by atoms with Crippen LogP contribution in [0.2, 0.25) is 0 Å². The van der Waals surface area contributed by atoms with Crippen LogP contribution in [0.25, 0.3) is 11.5 Å². The van der Waals surface area contributed by atoms with E-state index < -0.39 is 0 Å². The van der Waals surface area contributed by atoms with E-state index in [4.69, 9.17) is 18.7 Å². The number of aryl methyl sites for hydroxylation is 1. The molecule has 33 heavy (non-hydrogen) atoms. The SMILES string of the molecule is CCCON=C(CC(=O)OC)Cc1ccc(OCCc2nc(-c3ccccc3)oc2C)cc1. The van der Waals surface area contributed by atoms with E-state index in [1.807, 2.05) is 68.4 Å². The second-order valence-corrected chi connectivity index (χ2v) is 7.55. The zero-order valence-electron chi connectivity index (χ0n) is 19.4. The van der Waals surface area contributed by atoms with Crippen molar-refractivity contribution in [3.05, 3.63) is 71.6 Å². The predicted molar refractivity (Wildman–Crippen MR) is 126 cm³/mol. The zero-order valence-corrected chi connectivity index (χ0v) is 19.4. The van der Waals surface area contributed by atoms with E-state index in [9.17, 15) is 4.79 Å². The number of oxime groups is 1. The molecule has 0 saturated heterocycles. The van der Waals surface area contributed by atoms with Crippen LogP contribution in [0.1, 0.15) is 36.8 Å². The summed E-state index contributed by atoms with van der Waals surface area (Å²) in [5.41, 5.74) is 3.48. The van der Waals surface area contributed by atoms with Crippen molar-refractivity contribution in [2.75, 3.05) is 20.3 Å². The molecule has 0 N–H and O–H groups in total. The van der Waals surface area contributed by atoms with E-state index in [2.05, 4.69) is 10.1 Å². The van der Waals surface area contributed by atoms with E-state index in [-0.39, 0.29) is 12.4 Å². The van der Waals surface area contributed by atoms with Gasteiger partial charge in [0, 0.05) is 18.4 Å². The number of esters is 1. The molecule has 0 unspecified atom stereocenters. The molecule has 0 saturated carbocycles. The van der Waals surface area contributed by atoms with Crippen molar-refractivity contribution in [1.29, 1.82) is 0 Å². The molecular formula is C26H30N2O5. The maximum Gasteiger partial charge on any atom is 0.311 e. The highest BCUT2D eigenvalue weighted by atomic mass is 16.6. The van der Waals surface area contributed by atoms with Crippen LogP contribution < -0.4 is 4.74 Å². The van der Waals surface area contributed by atoms with Gasteiger partial charge in [0.25, 0.3) is 0 Å². The quantitative estimate of drug-likeness (QED) is 0.164. The molecule has 174 valence electrons. The summed E-state index contributed by atoms with van der Waals surface area (Å²) < 4.78 is 16.4. The summed E-state index contributed by atoms with van der Waals surface area (Å²) in [5, 5.41) is 4.10. The first-order valence-electron chi connectivity index (χ1n) is 11.1. The highest BCUT2D eigenvalue weighted by molar-refractivity contribution is 5.99. The maximum atomic E-state index is 11.7. The molecule has 3 aromatic rings. The van der Waals surface area contributed by atoms with Gasteiger partial charge in [-0.05, 0) is 43.2 Å². The molecule has 3 rings (SSSR count). The Balaban J connectivity index is 1.53. The molecule has 0 spiro atoms. The minimum absolute atomic E-state index is 0.0977. The Hall–Kier alpha value is -3.61. The van der Waals surface area contributed by atoms with Crippen LogP contribution in [0.5, 0.6) is 5.75 Å². The van der Waals surface area contributed by atoms with Crippen LogP contribution in [0.3, 0.4) is 0 Å². The Morgan fingerprint density at radius 2 is 1.82 bits per heavy atom. The summed E-state index contributed by atoms with van der Waals surface area (Å²) in [6.45, 7) is 4.91. The van der Waals surface area contributed by atoms with Crippen molar-refractivity contribution >= 4 is 11.7 Å². The molecule has 2 aromatic carbocycles. The Bertz CT molecular complexity index is 1040. The lowest BCUT2D eigenvalue weighted by atomic mass is 10.1. The second-order valence-electron chi connectivity index (χ2n) is 7.55. The fourth-order valence-electron chi connectivity index (χ4n) is 3.16. The van der Waals surface area contributed by atoms with Gasteiger partial charge in [-0.3, -0.25) is 4.79 Å². The first-order valence-corrected chi connectivity index (χ1v) is 11.1. The van der Waals surface area contributed by atoms with Gasteiger partial charge in [-0.2, -0.15) is 0 Å². The average molecular weight is 451 g/mol. The molecule has 1 aromatic heterocycles. The van der Waals surface area contributed by atoms with Gasteiger partial charge in [0.05, 0.1) is 31.5 Å². The highest BCUT2D eigenvalue weighted by Gasteiger charge is 2.12. The van der Waals surface area contributed by atoms with Crippen LogP contribution in [0.4, 0.5) is 0 Å². The molecule has 0 atom stereocenters. The van der Waals surface area contributed by atoms with Crippen molar-refractivity contribution in [1.82, 2.24) is 4.98 Å². The van der Waals surface area contributed by atoms with Crippen LogP contribution in [0, 0.1) is 6.92 Å². The Morgan fingerprint density at radius 3 is 2.52 bits per heavy atom. The minimum atomic E-state index is -0.340. The third kappa shape index (κ3) is 7.49. The number of nitrogens with zero attached hydrogens (tertiary/aromatic N) is 2. The number of carbonyl (C=O) groups is 1. The number of aromatic nitrogens is 1. The normalized spacial score (nSPS) is 11.3. The van der Waals surface area contributed by atoms with Crippen molar-refractivity contribution in [3.63, 3.8) is 0 Å². The van der Waals surface area contributed by atoms with Crippen LogP contribution in [-0.2, 0) is 27.2 Å². The Labute approximate surface area is 194 Å². The first kappa shape index (κ1) is 24.0. The topological polar surface area (TPSA) is 83.2 Å². The Kier molecular flexibility index (Phi) is 9.06. The second kappa shape index (κ2) is 12.4. The van der Waals surface area contributed by atoms with E-state index in [1.54, 1.807) is 0 Å². The van der Waals surface area contributed by atoms with Gasteiger partial charge >= 0.3 is 5.97 Å². The van der Waals surface area contributed by atoms with Gasteiger partial charge in [0.15, 0.2) is 0 Å². The molecule has 0 fully saturated rings. The number of hydrogen-bond acceptors (Lipinski definition) is 7. The monoisotopic (exact) mass is 450 g/mol. The van der Waals surface area contributed by atoms with Gasteiger partial charge in [-0.25, -0.2) is 4.98 Å². The minimum Gasteiger partial charge on any atom is -0.493 e. The van der Waals surface area contributed by atoms with Crippen molar-refractivity contribution in [2.24, 2.45) is 5.16 Å². The molecular weight excluding hydrogens is 420 g/mol. The number of methoxy groups -OCH3 is 1. The third-order valence-electron chi connectivity index (χ3n) is 4.92.